The molecule has 0 radical (unpaired) electrons. The molecule has 2 heterocycles. The lowest BCUT2D eigenvalue weighted by Crippen LogP contribution is -2.13. The van der Waals surface area contributed by atoms with E-state index in [1.165, 1.54) is 0 Å². The van der Waals surface area contributed by atoms with Crippen molar-refractivity contribution in [2.75, 3.05) is 5.32 Å². The molecule has 0 bridgehead atoms. The number of carbonyl (C=O) groups excluding carboxylic acids is 1. The number of amides is 1. The van der Waals surface area contributed by atoms with Gasteiger partial charge in [-0.05, 0) is 23.6 Å². The summed E-state index contributed by atoms with van der Waals surface area (Å²) in [4.78, 5) is 19.2. The van der Waals surface area contributed by atoms with E-state index in [9.17, 15) is 4.79 Å². The first-order chi connectivity index (χ1) is 9.74. The number of aromatic amines is 1. The number of H-pyrrole nitrogens is 1. The molecular formula is C15H11N3OS. The summed E-state index contributed by atoms with van der Waals surface area (Å²) in [5, 5.41) is 4.81. The minimum atomic E-state index is -0.269. The van der Waals surface area contributed by atoms with Gasteiger partial charge in [0.15, 0.2) is 0 Å². The van der Waals surface area contributed by atoms with Crippen LogP contribution >= 0.6 is 12.2 Å². The molecule has 0 unspecified atom stereocenters. The van der Waals surface area contributed by atoms with Crippen molar-refractivity contribution in [3.63, 3.8) is 0 Å². The Kier molecular flexibility index (Phi) is 3.26. The van der Waals surface area contributed by atoms with Gasteiger partial charge in [0, 0.05) is 17.8 Å². The Bertz CT molecular complexity index is 841. The maximum atomic E-state index is 12.1. The first-order valence-electron chi connectivity index (χ1n) is 6.08. The average molecular weight is 281 g/mol. The molecule has 2 aromatic heterocycles. The summed E-state index contributed by atoms with van der Waals surface area (Å²) in [7, 11) is 0. The fourth-order valence-electron chi connectivity index (χ4n) is 1.94. The van der Waals surface area contributed by atoms with Crippen LogP contribution in [0, 0.1) is 4.64 Å². The van der Waals surface area contributed by atoms with E-state index in [0.29, 0.717) is 16.0 Å². The van der Waals surface area contributed by atoms with Crippen LogP contribution in [0.4, 0.5) is 5.82 Å². The summed E-state index contributed by atoms with van der Waals surface area (Å²) in [5.41, 5.74) is 0.428. The van der Waals surface area contributed by atoms with Crippen LogP contribution in [0.25, 0.3) is 10.8 Å². The van der Waals surface area contributed by atoms with Gasteiger partial charge >= 0.3 is 0 Å². The highest BCUT2D eigenvalue weighted by atomic mass is 32.1. The van der Waals surface area contributed by atoms with E-state index in [4.69, 9.17) is 12.2 Å². The predicted molar refractivity (Wildman–Crippen MR) is 81.3 cm³/mol. The van der Waals surface area contributed by atoms with E-state index in [1.807, 2.05) is 30.3 Å². The number of nitrogens with zero attached hydrogens (tertiary/aromatic N) is 1. The number of fused-ring (bicyclic) bond motifs is 1. The second-order valence-electron chi connectivity index (χ2n) is 4.28. The minimum Gasteiger partial charge on any atom is -0.352 e. The van der Waals surface area contributed by atoms with Crippen LogP contribution in [0.2, 0.25) is 0 Å². The third-order valence-electron chi connectivity index (χ3n) is 2.94. The van der Waals surface area contributed by atoms with Gasteiger partial charge in [-0.1, -0.05) is 36.5 Å². The van der Waals surface area contributed by atoms with E-state index >= 15 is 0 Å². The molecule has 1 aromatic carbocycles. The number of benzene rings is 1. The zero-order valence-corrected chi connectivity index (χ0v) is 11.3. The molecule has 5 heteroatoms. The van der Waals surface area contributed by atoms with Crippen molar-refractivity contribution < 1.29 is 4.79 Å². The Morgan fingerprint density at radius 1 is 1.15 bits per heavy atom. The van der Waals surface area contributed by atoms with Gasteiger partial charge in [-0.2, -0.15) is 0 Å². The lowest BCUT2D eigenvalue weighted by molar-refractivity contribution is 0.102. The smallest absolute Gasteiger partial charge is 0.259 e. The highest BCUT2D eigenvalue weighted by Gasteiger charge is 2.08. The predicted octanol–water partition coefficient (Wildman–Crippen LogP) is 3.54. The Balaban J connectivity index is 1.91. The van der Waals surface area contributed by atoms with Crippen molar-refractivity contribution in [3.05, 3.63) is 65.1 Å². The van der Waals surface area contributed by atoms with Crippen molar-refractivity contribution >= 4 is 34.7 Å². The number of carbonyl (C=O) groups is 1. The Morgan fingerprint density at radius 2 is 1.95 bits per heavy atom. The van der Waals surface area contributed by atoms with Gasteiger partial charge in [-0.3, -0.25) is 4.79 Å². The van der Waals surface area contributed by atoms with Crippen molar-refractivity contribution in [1.82, 2.24) is 9.97 Å². The topological polar surface area (TPSA) is 57.8 Å². The fourth-order valence-corrected chi connectivity index (χ4v) is 2.16. The second-order valence-corrected chi connectivity index (χ2v) is 4.69. The van der Waals surface area contributed by atoms with Crippen molar-refractivity contribution in [2.45, 2.75) is 0 Å². The summed E-state index contributed by atoms with van der Waals surface area (Å²) in [6, 6.07) is 13.1. The highest BCUT2D eigenvalue weighted by Crippen LogP contribution is 2.16. The largest absolute Gasteiger partial charge is 0.352 e. The molecule has 2 N–H and O–H groups in total. The van der Waals surface area contributed by atoms with Crippen LogP contribution in [0.5, 0.6) is 0 Å². The summed E-state index contributed by atoms with van der Waals surface area (Å²) in [6.07, 6.45) is 3.42. The molecule has 0 aliphatic carbocycles. The SMILES string of the molecule is O=C(Nc1cc2ccccc2cn1)c1ccc[nH]c1=S. The summed E-state index contributed by atoms with van der Waals surface area (Å²) < 4.78 is 0.408. The number of nitrogens with one attached hydrogen (secondary N) is 2. The van der Waals surface area contributed by atoms with Crippen LogP contribution in [-0.2, 0) is 0 Å². The molecule has 0 aliphatic heterocycles. The molecule has 0 atom stereocenters. The molecular weight excluding hydrogens is 270 g/mol. The third-order valence-corrected chi connectivity index (χ3v) is 3.27. The van der Waals surface area contributed by atoms with Gasteiger partial charge < -0.3 is 10.3 Å². The zero-order chi connectivity index (χ0) is 13.9. The van der Waals surface area contributed by atoms with E-state index < -0.39 is 0 Å². The second kappa shape index (κ2) is 5.22. The van der Waals surface area contributed by atoms with Gasteiger partial charge in [-0.15, -0.1) is 0 Å². The average Bonchev–Trinajstić information content (AvgIpc) is 2.47. The Morgan fingerprint density at radius 3 is 2.75 bits per heavy atom. The number of hydrogen-bond donors (Lipinski definition) is 2. The van der Waals surface area contributed by atoms with Gasteiger partial charge in [0.2, 0.25) is 0 Å². The van der Waals surface area contributed by atoms with Crippen LogP contribution in [0.15, 0.2) is 54.9 Å². The molecule has 1 amide bonds. The number of rotatable bonds is 2. The quantitative estimate of drug-likeness (QED) is 0.706. The van der Waals surface area contributed by atoms with E-state index in [2.05, 4.69) is 15.3 Å². The van der Waals surface area contributed by atoms with Crippen molar-refractivity contribution in [2.24, 2.45) is 0 Å². The van der Waals surface area contributed by atoms with Gasteiger partial charge in [-0.25, -0.2) is 4.98 Å². The van der Waals surface area contributed by atoms with Crippen LogP contribution in [0.1, 0.15) is 10.4 Å². The lowest BCUT2D eigenvalue weighted by Gasteiger charge is -2.05. The standard InChI is InChI=1S/C15H11N3OS/c19-14(12-6-3-7-16-15(12)20)18-13-8-10-4-1-2-5-11(10)9-17-13/h1-9H,(H,16,20)(H,17,18,19). The van der Waals surface area contributed by atoms with E-state index in [1.54, 1.807) is 24.5 Å². The molecule has 0 aliphatic rings. The van der Waals surface area contributed by atoms with E-state index in [-0.39, 0.29) is 5.91 Å². The normalized spacial score (nSPS) is 10.4. The number of aromatic nitrogens is 2. The molecule has 0 saturated heterocycles. The first kappa shape index (κ1) is 12.5. The summed E-state index contributed by atoms with van der Waals surface area (Å²) >= 11 is 5.08. The maximum absolute atomic E-state index is 12.1. The molecule has 4 nitrogen and oxygen atoms in total. The molecule has 0 spiro atoms. The summed E-state index contributed by atoms with van der Waals surface area (Å²) in [5.74, 6) is 0.238. The third kappa shape index (κ3) is 2.44. The van der Waals surface area contributed by atoms with Crippen LogP contribution < -0.4 is 5.32 Å². The Labute approximate surface area is 120 Å². The summed E-state index contributed by atoms with van der Waals surface area (Å²) in [6.45, 7) is 0. The first-order valence-corrected chi connectivity index (χ1v) is 6.49. The zero-order valence-electron chi connectivity index (χ0n) is 10.5. The molecule has 3 aromatic rings. The van der Waals surface area contributed by atoms with E-state index in [0.717, 1.165) is 10.8 Å². The van der Waals surface area contributed by atoms with Crippen molar-refractivity contribution in [3.8, 4) is 0 Å². The van der Waals surface area contributed by atoms with Crippen molar-refractivity contribution in [1.29, 1.82) is 0 Å². The molecule has 3 rings (SSSR count). The minimum absolute atomic E-state index is 0.269. The lowest BCUT2D eigenvalue weighted by atomic mass is 10.2. The molecule has 0 fully saturated rings. The molecule has 98 valence electrons. The monoisotopic (exact) mass is 281 g/mol. The van der Waals surface area contributed by atoms with Crippen LogP contribution in [-0.4, -0.2) is 15.9 Å². The molecule has 0 saturated carbocycles. The number of pyridine rings is 2. The number of anilines is 1. The van der Waals surface area contributed by atoms with Crippen LogP contribution in [0.3, 0.4) is 0 Å². The molecule has 20 heavy (non-hydrogen) atoms. The highest BCUT2D eigenvalue weighted by molar-refractivity contribution is 7.71. The Hall–Kier alpha value is -2.53. The van der Waals surface area contributed by atoms with Gasteiger partial charge in [0.05, 0.1) is 5.56 Å². The van der Waals surface area contributed by atoms with Gasteiger partial charge in [0.1, 0.15) is 10.5 Å². The fraction of sp³-hybridized carbons (Fsp3) is 0. The maximum Gasteiger partial charge on any atom is 0.259 e. The van der Waals surface area contributed by atoms with Gasteiger partial charge in [0.25, 0.3) is 5.91 Å². The number of hydrogen-bond acceptors (Lipinski definition) is 3.